The van der Waals surface area contributed by atoms with Crippen molar-refractivity contribution in [2.24, 2.45) is 23.5 Å². The Bertz CT molecular complexity index is 503. The van der Waals surface area contributed by atoms with Crippen molar-refractivity contribution in [3.8, 4) is 6.07 Å². The minimum absolute atomic E-state index is 0.238. The van der Waals surface area contributed by atoms with Crippen LogP contribution in [0.2, 0.25) is 0 Å². The fourth-order valence-electron chi connectivity index (χ4n) is 5.18. The molecule has 4 fully saturated rings. The van der Waals surface area contributed by atoms with E-state index in [4.69, 9.17) is 11.0 Å². The summed E-state index contributed by atoms with van der Waals surface area (Å²) in [5, 5.41) is 13.5. The zero-order valence-electron chi connectivity index (χ0n) is 11.1. The average Bonchev–Trinajstić information content (AvgIpc) is 2.86. The molecule has 0 radical (unpaired) electrons. The number of nitriles is 1. The highest BCUT2D eigenvalue weighted by molar-refractivity contribution is 5.18. The molecule has 2 N–H and O–H groups in total. The van der Waals surface area contributed by atoms with Gasteiger partial charge in [-0.1, -0.05) is 0 Å². The van der Waals surface area contributed by atoms with E-state index in [9.17, 15) is 0 Å². The van der Waals surface area contributed by atoms with Crippen LogP contribution in [-0.2, 0) is 5.54 Å². The molecule has 4 heteroatoms. The molecule has 4 aliphatic rings. The van der Waals surface area contributed by atoms with Gasteiger partial charge in [-0.25, -0.2) is 0 Å². The molecular weight excluding hydrogens is 236 g/mol. The summed E-state index contributed by atoms with van der Waals surface area (Å²) in [4.78, 5) is 0. The molecule has 0 aliphatic heterocycles. The van der Waals surface area contributed by atoms with E-state index in [1.165, 1.54) is 38.5 Å². The summed E-state index contributed by atoms with van der Waals surface area (Å²) < 4.78 is 2.16. The Morgan fingerprint density at radius 3 is 2.37 bits per heavy atom. The summed E-state index contributed by atoms with van der Waals surface area (Å²) >= 11 is 0. The Labute approximate surface area is 113 Å². The van der Waals surface area contributed by atoms with Crippen molar-refractivity contribution in [2.45, 2.75) is 50.1 Å². The largest absolute Gasteiger partial charge is 0.312 e. The lowest BCUT2D eigenvalue weighted by Crippen LogP contribution is -2.52. The Kier molecular flexibility index (Phi) is 2.32. The molecule has 1 aromatic heterocycles. The van der Waals surface area contributed by atoms with Crippen LogP contribution < -0.4 is 5.73 Å². The fourth-order valence-corrected chi connectivity index (χ4v) is 5.18. The van der Waals surface area contributed by atoms with Crippen LogP contribution in [0, 0.1) is 29.1 Å². The second-order valence-electron chi connectivity index (χ2n) is 6.97. The molecule has 0 amide bonds. The maximum absolute atomic E-state index is 8.92. The van der Waals surface area contributed by atoms with Crippen molar-refractivity contribution in [2.75, 3.05) is 0 Å². The van der Waals surface area contributed by atoms with E-state index in [1.54, 1.807) is 6.20 Å². The third kappa shape index (κ3) is 1.64. The summed E-state index contributed by atoms with van der Waals surface area (Å²) in [5.74, 6) is 2.72. The molecule has 19 heavy (non-hydrogen) atoms. The van der Waals surface area contributed by atoms with Crippen molar-refractivity contribution >= 4 is 0 Å². The van der Waals surface area contributed by atoms with Gasteiger partial charge in [0.2, 0.25) is 0 Å². The second-order valence-corrected chi connectivity index (χ2v) is 6.97. The summed E-state index contributed by atoms with van der Waals surface area (Å²) in [6.45, 7) is 0. The molecule has 0 spiro atoms. The van der Waals surface area contributed by atoms with Crippen LogP contribution in [0.3, 0.4) is 0 Å². The van der Waals surface area contributed by atoms with Gasteiger partial charge in [0.25, 0.3) is 0 Å². The Morgan fingerprint density at radius 1 is 1.26 bits per heavy atom. The summed E-state index contributed by atoms with van der Waals surface area (Å²) in [5.41, 5.74) is 6.88. The fraction of sp³-hybridized carbons (Fsp3) is 0.733. The molecule has 0 saturated heterocycles. The standard InChI is InChI=1S/C15H20N4/c16-7-14(17)13-8-18-19(9-13)15-4-10-1-11(5-15)3-12(2-10)6-15/h8-12,14H,1-6,17H2. The van der Waals surface area contributed by atoms with E-state index >= 15 is 0 Å². The Balaban J connectivity index is 1.68. The molecule has 1 unspecified atom stereocenters. The van der Waals surface area contributed by atoms with Gasteiger partial charge in [-0.05, 0) is 56.3 Å². The average molecular weight is 256 g/mol. The third-order valence-corrected chi connectivity index (χ3v) is 5.59. The first-order valence-corrected chi connectivity index (χ1v) is 7.39. The zero-order valence-corrected chi connectivity index (χ0v) is 11.1. The molecule has 1 aromatic rings. The van der Waals surface area contributed by atoms with Crippen molar-refractivity contribution in [1.82, 2.24) is 9.78 Å². The lowest BCUT2D eigenvalue weighted by molar-refractivity contribution is -0.0494. The molecule has 4 saturated carbocycles. The second kappa shape index (κ2) is 3.83. The zero-order chi connectivity index (χ0) is 13.0. The lowest BCUT2D eigenvalue weighted by Gasteiger charge is -2.56. The van der Waals surface area contributed by atoms with Gasteiger partial charge in [0.15, 0.2) is 0 Å². The van der Waals surface area contributed by atoms with Gasteiger partial charge in [-0.3, -0.25) is 4.68 Å². The molecule has 1 heterocycles. The van der Waals surface area contributed by atoms with Gasteiger partial charge in [-0.2, -0.15) is 10.4 Å². The van der Waals surface area contributed by atoms with E-state index in [-0.39, 0.29) is 5.54 Å². The van der Waals surface area contributed by atoms with Gasteiger partial charge in [0.05, 0.1) is 17.8 Å². The van der Waals surface area contributed by atoms with Crippen molar-refractivity contribution < 1.29 is 0 Å². The van der Waals surface area contributed by atoms with Crippen molar-refractivity contribution in [3.05, 3.63) is 18.0 Å². The molecule has 4 aliphatic carbocycles. The molecule has 1 atom stereocenters. The van der Waals surface area contributed by atoms with Gasteiger partial charge in [-0.15, -0.1) is 0 Å². The molecule has 4 bridgehead atoms. The normalized spacial score (nSPS) is 41.2. The predicted molar refractivity (Wildman–Crippen MR) is 70.9 cm³/mol. The highest BCUT2D eigenvalue weighted by Crippen LogP contribution is 2.58. The van der Waals surface area contributed by atoms with E-state index in [0.717, 1.165) is 23.3 Å². The quantitative estimate of drug-likeness (QED) is 0.883. The SMILES string of the molecule is N#CC(N)c1cnn(C23CC4CC(CC(C4)C2)C3)c1. The number of aromatic nitrogens is 2. The Hall–Kier alpha value is -1.34. The minimum atomic E-state index is -0.539. The minimum Gasteiger partial charge on any atom is -0.312 e. The maximum Gasteiger partial charge on any atom is 0.121 e. The summed E-state index contributed by atoms with van der Waals surface area (Å²) in [7, 11) is 0. The number of hydrogen-bond acceptors (Lipinski definition) is 3. The number of hydrogen-bond donors (Lipinski definition) is 1. The molecule has 100 valence electrons. The highest BCUT2D eigenvalue weighted by Gasteiger charge is 2.52. The van der Waals surface area contributed by atoms with Crippen LogP contribution in [0.1, 0.15) is 50.1 Å². The monoisotopic (exact) mass is 256 g/mol. The van der Waals surface area contributed by atoms with E-state index in [0.29, 0.717) is 0 Å². The third-order valence-electron chi connectivity index (χ3n) is 5.59. The first-order chi connectivity index (χ1) is 9.18. The molecule has 0 aromatic carbocycles. The van der Waals surface area contributed by atoms with Crippen LogP contribution in [0.5, 0.6) is 0 Å². The summed E-state index contributed by atoms with van der Waals surface area (Å²) in [6.07, 6.45) is 12.0. The number of nitrogens with two attached hydrogens (primary N) is 1. The first-order valence-electron chi connectivity index (χ1n) is 7.39. The predicted octanol–water partition coefficient (Wildman–Crippen LogP) is 2.33. The van der Waals surface area contributed by atoms with E-state index in [1.807, 2.05) is 6.20 Å². The summed E-state index contributed by atoms with van der Waals surface area (Å²) in [6, 6.07) is 1.55. The lowest BCUT2D eigenvalue weighted by atomic mass is 9.53. The van der Waals surface area contributed by atoms with Crippen LogP contribution >= 0.6 is 0 Å². The molecule has 5 rings (SSSR count). The van der Waals surface area contributed by atoms with Crippen LogP contribution in [-0.4, -0.2) is 9.78 Å². The maximum atomic E-state index is 8.92. The first kappa shape index (κ1) is 11.5. The molecule has 4 nitrogen and oxygen atoms in total. The van der Waals surface area contributed by atoms with Gasteiger partial charge < -0.3 is 5.73 Å². The number of rotatable bonds is 2. The van der Waals surface area contributed by atoms with Crippen LogP contribution in [0.25, 0.3) is 0 Å². The highest BCUT2D eigenvalue weighted by atomic mass is 15.3. The van der Waals surface area contributed by atoms with E-state index in [2.05, 4.69) is 15.8 Å². The molecular formula is C15H20N4. The van der Waals surface area contributed by atoms with Crippen molar-refractivity contribution in [3.63, 3.8) is 0 Å². The van der Waals surface area contributed by atoms with Crippen molar-refractivity contribution in [1.29, 1.82) is 5.26 Å². The Morgan fingerprint density at radius 2 is 1.84 bits per heavy atom. The van der Waals surface area contributed by atoms with Gasteiger partial charge in [0.1, 0.15) is 6.04 Å². The van der Waals surface area contributed by atoms with E-state index < -0.39 is 6.04 Å². The number of nitrogens with zero attached hydrogens (tertiary/aromatic N) is 3. The van der Waals surface area contributed by atoms with Gasteiger partial charge in [0, 0.05) is 11.8 Å². The van der Waals surface area contributed by atoms with Gasteiger partial charge >= 0.3 is 0 Å². The van der Waals surface area contributed by atoms with Crippen LogP contribution in [0.15, 0.2) is 12.4 Å². The topological polar surface area (TPSA) is 67.6 Å². The smallest absolute Gasteiger partial charge is 0.121 e. The van der Waals surface area contributed by atoms with Crippen LogP contribution in [0.4, 0.5) is 0 Å².